The second-order valence-corrected chi connectivity index (χ2v) is 6.91. The molecule has 4 rings (SSSR count). The topological polar surface area (TPSA) is 64.1 Å². The van der Waals surface area contributed by atoms with E-state index in [1.54, 1.807) is 36.5 Å². The summed E-state index contributed by atoms with van der Waals surface area (Å²) in [6.07, 6.45) is -2.76. The van der Waals surface area contributed by atoms with Crippen molar-refractivity contribution in [2.24, 2.45) is 0 Å². The first-order chi connectivity index (χ1) is 13.4. The number of thiazole rings is 1. The molecular formula is C19H12F3N3O2S. The molecule has 0 aliphatic carbocycles. The molecule has 0 saturated carbocycles. The number of benzene rings is 2. The SMILES string of the molecule is O=C(Nc1nc2ccc(OCC(F)(F)F)cc2s1)c1cccc2ncccc12. The second-order valence-electron chi connectivity index (χ2n) is 5.88. The summed E-state index contributed by atoms with van der Waals surface area (Å²) in [6.45, 7) is -1.37. The number of amides is 1. The summed E-state index contributed by atoms with van der Waals surface area (Å²) in [5.41, 5.74) is 1.71. The van der Waals surface area contributed by atoms with Crippen LogP contribution in [0.4, 0.5) is 18.3 Å². The fourth-order valence-electron chi connectivity index (χ4n) is 2.68. The molecule has 0 bridgehead atoms. The van der Waals surface area contributed by atoms with Gasteiger partial charge in [-0.15, -0.1) is 0 Å². The van der Waals surface area contributed by atoms with Crippen molar-refractivity contribution < 1.29 is 22.7 Å². The lowest BCUT2D eigenvalue weighted by Crippen LogP contribution is -2.19. The highest BCUT2D eigenvalue weighted by molar-refractivity contribution is 7.22. The zero-order valence-corrected chi connectivity index (χ0v) is 15.0. The number of aromatic nitrogens is 2. The summed E-state index contributed by atoms with van der Waals surface area (Å²) < 4.78 is 42.2. The Kier molecular flexibility index (Phi) is 4.60. The molecule has 1 amide bonds. The zero-order chi connectivity index (χ0) is 19.7. The molecule has 4 aromatic rings. The molecule has 0 aliphatic rings. The van der Waals surface area contributed by atoms with Crippen LogP contribution in [0.25, 0.3) is 21.1 Å². The van der Waals surface area contributed by atoms with E-state index < -0.39 is 12.8 Å². The molecule has 5 nitrogen and oxygen atoms in total. The van der Waals surface area contributed by atoms with Gasteiger partial charge in [-0.1, -0.05) is 23.5 Å². The van der Waals surface area contributed by atoms with Crippen LogP contribution < -0.4 is 10.1 Å². The third-order valence-electron chi connectivity index (χ3n) is 3.87. The third-order valence-corrected chi connectivity index (χ3v) is 4.81. The minimum Gasteiger partial charge on any atom is -0.484 e. The summed E-state index contributed by atoms with van der Waals surface area (Å²) >= 11 is 1.15. The van der Waals surface area contributed by atoms with E-state index in [0.29, 0.717) is 31.8 Å². The van der Waals surface area contributed by atoms with Crippen LogP contribution in [0, 0.1) is 0 Å². The van der Waals surface area contributed by atoms with Gasteiger partial charge in [0.25, 0.3) is 5.91 Å². The van der Waals surface area contributed by atoms with Gasteiger partial charge < -0.3 is 4.74 Å². The van der Waals surface area contributed by atoms with Crippen molar-refractivity contribution in [1.82, 2.24) is 9.97 Å². The summed E-state index contributed by atoms with van der Waals surface area (Å²) in [7, 11) is 0. The number of hydrogen-bond donors (Lipinski definition) is 1. The number of carbonyl (C=O) groups is 1. The van der Waals surface area contributed by atoms with Gasteiger partial charge in [0.05, 0.1) is 15.7 Å². The van der Waals surface area contributed by atoms with E-state index in [-0.39, 0.29) is 11.7 Å². The van der Waals surface area contributed by atoms with E-state index >= 15 is 0 Å². The van der Waals surface area contributed by atoms with Crippen molar-refractivity contribution in [3.05, 3.63) is 60.3 Å². The predicted octanol–water partition coefficient (Wildman–Crippen LogP) is 5.04. The number of alkyl halides is 3. The van der Waals surface area contributed by atoms with E-state index in [4.69, 9.17) is 4.74 Å². The monoisotopic (exact) mass is 403 g/mol. The third kappa shape index (κ3) is 3.89. The Morgan fingerprint density at radius 1 is 1.11 bits per heavy atom. The molecule has 2 aromatic heterocycles. The number of nitrogens with zero attached hydrogens (tertiary/aromatic N) is 2. The van der Waals surface area contributed by atoms with Gasteiger partial charge in [-0.05, 0) is 36.4 Å². The predicted molar refractivity (Wildman–Crippen MR) is 101 cm³/mol. The number of nitrogens with one attached hydrogen (secondary N) is 1. The highest BCUT2D eigenvalue weighted by Crippen LogP contribution is 2.30. The molecule has 9 heteroatoms. The van der Waals surface area contributed by atoms with Gasteiger partial charge >= 0.3 is 6.18 Å². The van der Waals surface area contributed by atoms with Crippen LogP contribution in [0.15, 0.2) is 54.7 Å². The van der Waals surface area contributed by atoms with Gasteiger partial charge in [0.2, 0.25) is 0 Å². The van der Waals surface area contributed by atoms with Crippen LogP contribution in [0.5, 0.6) is 5.75 Å². The molecule has 2 aromatic carbocycles. The smallest absolute Gasteiger partial charge is 0.422 e. The second kappa shape index (κ2) is 7.08. The Hall–Kier alpha value is -3.20. The van der Waals surface area contributed by atoms with Gasteiger partial charge in [0.1, 0.15) is 5.75 Å². The van der Waals surface area contributed by atoms with Crippen molar-refractivity contribution >= 4 is 43.5 Å². The Balaban J connectivity index is 1.56. The van der Waals surface area contributed by atoms with Crippen molar-refractivity contribution in [2.45, 2.75) is 6.18 Å². The normalized spacial score (nSPS) is 11.7. The average molecular weight is 403 g/mol. The number of fused-ring (bicyclic) bond motifs is 2. The van der Waals surface area contributed by atoms with Gasteiger partial charge in [-0.3, -0.25) is 15.1 Å². The van der Waals surface area contributed by atoms with E-state index in [1.165, 1.54) is 12.1 Å². The van der Waals surface area contributed by atoms with Crippen LogP contribution in [0.2, 0.25) is 0 Å². The molecule has 142 valence electrons. The van der Waals surface area contributed by atoms with Crippen LogP contribution in [0.3, 0.4) is 0 Å². The molecule has 0 saturated heterocycles. The molecule has 1 N–H and O–H groups in total. The van der Waals surface area contributed by atoms with Crippen LogP contribution in [-0.2, 0) is 0 Å². The standard InChI is InChI=1S/C19H12F3N3O2S/c20-19(21,22)10-27-11-6-7-15-16(9-11)28-18(24-15)25-17(26)13-3-1-5-14-12(13)4-2-8-23-14/h1-9H,10H2,(H,24,25,26). The minimum absolute atomic E-state index is 0.0893. The summed E-state index contributed by atoms with van der Waals surface area (Å²) in [5, 5.41) is 3.79. The first-order valence-corrected chi connectivity index (χ1v) is 8.96. The molecule has 0 aliphatic heterocycles. The molecule has 0 unspecified atom stereocenters. The number of ether oxygens (including phenoxy) is 1. The molecular weight excluding hydrogens is 391 g/mol. The van der Waals surface area contributed by atoms with Crippen molar-refractivity contribution in [3.63, 3.8) is 0 Å². The highest BCUT2D eigenvalue weighted by atomic mass is 32.1. The molecule has 0 fully saturated rings. The van der Waals surface area contributed by atoms with E-state index in [0.717, 1.165) is 11.3 Å². The quantitative estimate of drug-likeness (QED) is 0.519. The lowest BCUT2D eigenvalue weighted by molar-refractivity contribution is -0.153. The van der Waals surface area contributed by atoms with E-state index in [9.17, 15) is 18.0 Å². The molecule has 0 atom stereocenters. The Labute approximate surface area is 160 Å². The fraction of sp³-hybridized carbons (Fsp3) is 0.105. The lowest BCUT2D eigenvalue weighted by Gasteiger charge is -2.08. The van der Waals surface area contributed by atoms with Crippen molar-refractivity contribution in [1.29, 1.82) is 0 Å². The van der Waals surface area contributed by atoms with E-state index in [1.807, 2.05) is 6.07 Å². The number of carbonyl (C=O) groups excluding carboxylic acids is 1. The van der Waals surface area contributed by atoms with Crippen molar-refractivity contribution in [2.75, 3.05) is 11.9 Å². The van der Waals surface area contributed by atoms with Gasteiger partial charge in [0.15, 0.2) is 11.7 Å². The maximum Gasteiger partial charge on any atom is 0.422 e. The largest absolute Gasteiger partial charge is 0.484 e. The van der Waals surface area contributed by atoms with Crippen LogP contribution >= 0.6 is 11.3 Å². The highest BCUT2D eigenvalue weighted by Gasteiger charge is 2.28. The first kappa shape index (κ1) is 18.2. The Bertz CT molecular complexity index is 1170. The summed E-state index contributed by atoms with van der Waals surface area (Å²) in [4.78, 5) is 21.2. The number of rotatable bonds is 4. The zero-order valence-electron chi connectivity index (χ0n) is 14.2. The molecule has 2 heterocycles. The fourth-order valence-corrected chi connectivity index (χ4v) is 3.57. The summed E-state index contributed by atoms with van der Waals surface area (Å²) in [5.74, 6) is -0.252. The van der Waals surface area contributed by atoms with Gasteiger partial charge in [0, 0.05) is 17.1 Å². The van der Waals surface area contributed by atoms with Crippen LogP contribution in [-0.4, -0.2) is 28.7 Å². The Morgan fingerprint density at radius 3 is 2.79 bits per heavy atom. The van der Waals surface area contributed by atoms with Crippen molar-refractivity contribution in [3.8, 4) is 5.75 Å². The van der Waals surface area contributed by atoms with Gasteiger partial charge in [-0.25, -0.2) is 4.98 Å². The maximum absolute atomic E-state index is 12.7. The minimum atomic E-state index is -4.41. The molecule has 0 spiro atoms. The summed E-state index contributed by atoms with van der Waals surface area (Å²) in [6, 6.07) is 13.2. The number of halogens is 3. The van der Waals surface area contributed by atoms with Crippen LogP contribution in [0.1, 0.15) is 10.4 Å². The maximum atomic E-state index is 12.7. The van der Waals surface area contributed by atoms with E-state index in [2.05, 4.69) is 15.3 Å². The molecule has 28 heavy (non-hydrogen) atoms. The van der Waals surface area contributed by atoms with Gasteiger partial charge in [-0.2, -0.15) is 13.2 Å². The average Bonchev–Trinajstić information content (AvgIpc) is 3.06. The molecule has 0 radical (unpaired) electrons. The number of hydrogen-bond acceptors (Lipinski definition) is 5. The number of anilines is 1. The number of pyridine rings is 1. The first-order valence-electron chi connectivity index (χ1n) is 8.14. The lowest BCUT2D eigenvalue weighted by atomic mass is 10.1. The Morgan fingerprint density at radius 2 is 1.96 bits per heavy atom.